The first-order valence-electron chi connectivity index (χ1n) is 7.63. The molecule has 1 N–H and O–H groups in total. The number of aromatic nitrogens is 2. The molecule has 0 spiro atoms. The highest BCUT2D eigenvalue weighted by Gasteiger charge is 2.44. The molecule has 4 heteroatoms. The van der Waals surface area contributed by atoms with Crippen LogP contribution in [0.2, 0.25) is 0 Å². The minimum Gasteiger partial charge on any atom is -0.376 e. The van der Waals surface area contributed by atoms with E-state index in [4.69, 9.17) is 9.72 Å². The minimum absolute atomic E-state index is 0.107. The molecule has 3 aliphatic rings. The molecule has 104 valence electrons. The first-order valence-corrected chi connectivity index (χ1v) is 7.63. The van der Waals surface area contributed by atoms with Crippen LogP contribution in [-0.2, 0) is 23.2 Å². The van der Waals surface area contributed by atoms with Crippen molar-refractivity contribution in [3.63, 3.8) is 0 Å². The Hall–Kier alpha value is -0.870. The molecule has 3 heterocycles. The zero-order valence-corrected chi connectivity index (χ0v) is 11.9. The van der Waals surface area contributed by atoms with Gasteiger partial charge < -0.3 is 14.6 Å². The Labute approximate surface area is 114 Å². The van der Waals surface area contributed by atoms with E-state index in [0.29, 0.717) is 5.92 Å². The highest BCUT2D eigenvalue weighted by Crippen LogP contribution is 2.45. The Morgan fingerprint density at radius 2 is 2.26 bits per heavy atom. The molecular weight excluding hydrogens is 238 g/mol. The van der Waals surface area contributed by atoms with E-state index < -0.39 is 0 Å². The van der Waals surface area contributed by atoms with Gasteiger partial charge in [-0.2, -0.15) is 0 Å². The predicted octanol–water partition coefficient (Wildman–Crippen LogP) is 1.93. The van der Waals surface area contributed by atoms with Gasteiger partial charge in [0.2, 0.25) is 0 Å². The Balaban J connectivity index is 1.87. The van der Waals surface area contributed by atoms with Gasteiger partial charge in [-0.1, -0.05) is 0 Å². The van der Waals surface area contributed by atoms with Crippen LogP contribution in [0.3, 0.4) is 0 Å². The molecule has 4 rings (SSSR count). The lowest BCUT2D eigenvalue weighted by Gasteiger charge is -2.34. The van der Waals surface area contributed by atoms with Crippen LogP contribution in [0.1, 0.15) is 56.2 Å². The van der Waals surface area contributed by atoms with Gasteiger partial charge in [0.15, 0.2) is 0 Å². The molecule has 1 aromatic heterocycles. The zero-order valence-electron chi connectivity index (χ0n) is 11.9. The summed E-state index contributed by atoms with van der Waals surface area (Å²) in [5.41, 5.74) is 2.87. The van der Waals surface area contributed by atoms with Crippen LogP contribution in [0.4, 0.5) is 0 Å². The molecule has 0 amide bonds. The molecule has 2 atom stereocenters. The highest BCUT2D eigenvalue weighted by molar-refractivity contribution is 5.27. The van der Waals surface area contributed by atoms with Gasteiger partial charge in [-0.05, 0) is 33.1 Å². The van der Waals surface area contributed by atoms with Gasteiger partial charge in [0.25, 0.3) is 0 Å². The second-order valence-corrected chi connectivity index (χ2v) is 6.52. The van der Waals surface area contributed by atoms with Crippen molar-refractivity contribution in [3.8, 4) is 0 Å². The second-order valence-electron chi connectivity index (χ2n) is 6.52. The van der Waals surface area contributed by atoms with Crippen molar-refractivity contribution in [1.82, 2.24) is 14.9 Å². The molecule has 2 fully saturated rings. The largest absolute Gasteiger partial charge is 0.376 e. The molecule has 1 saturated heterocycles. The fraction of sp³-hybridized carbons (Fsp3) is 0.800. The topological polar surface area (TPSA) is 39.1 Å². The Morgan fingerprint density at radius 1 is 1.42 bits per heavy atom. The number of fused-ring (bicyclic) bond motifs is 1. The minimum atomic E-state index is 0.107. The summed E-state index contributed by atoms with van der Waals surface area (Å²) < 4.78 is 8.46. The normalized spacial score (nSPS) is 34.5. The molecule has 1 aromatic rings. The summed E-state index contributed by atoms with van der Waals surface area (Å²) >= 11 is 0. The van der Waals surface area contributed by atoms with Crippen molar-refractivity contribution < 1.29 is 4.74 Å². The number of ether oxygens (including phenoxy) is 1. The average Bonchev–Trinajstić information content (AvgIpc) is 3.10. The molecule has 0 bridgehead atoms. The standard InChI is InChI=1S/C15H23N3O/c1-10-15(2,6-8-19-10)18-13-5-7-16-9-12(13)17-14(18)11-3-4-11/h10-11,16H,3-9H2,1-2H3. The summed E-state index contributed by atoms with van der Waals surface area (Å²) in [6.45, 7) is 7.48. The molecule has 1 saturated carbocycles. The predicted molar refractivity (Wildman–Crippen MR) is 73.3 cm³/mol. The van der Waals surface area contributed by atoms with Gasteiger partial charge in [0.05, 0.1) is 17.3 Å². The maximum Gasteiger partial charge on any atom is 0.112 e. The second kappa shape index (κ2) is 4.06. The van der Waals surface area contributed by atoms with Gasteiger partial charge in [-0.15, -0.1) is 0 Å². The third kappa shape index (κ3) is 1.69. The third-order valence-corrected chi connectivity index (χ3v) is 5.22. The van der Waals surface area contributed by atoms with Crippen LogP contribution in [-0.4, -0.2) is 28.8 Å². The van der Waals surface area contributed by atoms with Gasteiger partial charge in [0.1, 0.15) is 5.82 Å². The molecule has 4 nitrogen and oxygen atoms in total. The molecule has 2 aliphatic heterocycles. The van der Waals surface area contributed by atoms with E-state index in [1.54, 1.807) is 0 Å². The van der Waals surface area contributed by atoms with Gasteiger partial charge in [-0.25, -0.2) is 4.98 Å². The lowest BCUT2D eigenvalue weighted by atomic mass is 9.92. The average molecular weight is 261 g/mol. The van der Waals surface area contributed by atoms with Crippen molar-refractivity contribution in [2.75, 3.05) is 13.2 Å². The van der Waals surface area contributed by atoms with Crippen LogP contribution in [0.5, 0.6) is 0 Å². The lowest BCUT2D eigenvalue weighted by Crippen LogP contribution is -2.40. The molecule has 0 radical (unpaired) electrons. The maximum atomic E-state index is 5.87. The summed E-state index contributed by atoms with van der Waals surface area (Å²) in [5.74, 6) is 2.05. The number of hydrogen-bond donors (Lipinski definition) is 1. The SMILES string of the molecule is CC1OCCC1(C)n1c(C2CC2)nc2c1CCNC2. The number of hydrogen-bond acceptors (Lipinski definition) is 3. The van der Waals surface area contributed by atoms with E-state index in [-0.39, 0.29) is 11.6 Å². The quantitative estimate of drug-likeness (QED) is 0.884. The highest BCUT2D eigenvalue weighted by atomic mass is 16.5. The van der Waals surface area contributed by atoms with E-state index in [0.717, 1.165) is 32.5 Å². The summed E-state index contributed by atoms with van der Waals surface area (Å²) in [6.07, 6.45) is 5.14. The Bertz CT molecular complexity index is 506. The molecule has 19 heavy (non-hydrogen) atoms. The molecule has 1 aliphatic carbocycles. The third-order valence-electron chi connectivity index (χ3n) is 5.22. The van der Waals surface area contributed by atoms with Gasteiger partial charge in [0, 0.05) is 37.7 Å². The maximum absolute atomic E-state index is 5.87. The summed E-state index contributed by atoms with van der Waals surface area (Å²) in [4.78, 5) is 4.98. The summed E-state index contributed by atoms with van der Waals surface area (Å²) in [7, 11) is 0. The van der Waals surface area contributed by atoms with Gasteiger partial charge >= 0.3 is 0 Å². The molecule has 0 aromatic carbocycles. The lowest BCUT2D eigenvalue weighted by molar-refractivity contribution is 0.0735. The first-order chi connectivity index (χ1) is 9.20. The summed E-state index contributed by atoms with van der Waals surface area (Å²) in [5, 5.41) is 3.45. The Morgan fingerprint density at radius 3 is 2.95 bits per heavy atom. The van der Waals surface area contributed by atoms with E-state index in [2.05, 4.69) is 23.7 Å². The van der Waals surface area contributed by atoms with E-state index in [1.165, 1.54) is 30.1 Å². The van der Waals surface area contributed by atoms with Crippen molar-refractivity contribution >= 4 is 0 Å². The van der Waals surface area contributed by atoms with Crippen molar-refractivity contribution in [2.24, 2.45) is 0 Å². The van der Waals surface area contributed by atoms with Crippen molar-refractivity contribution in [1.29, 1.82) is 0 Å². The van der Waals surface area contributed by atoms with Crippen LogP contribution in [0.25, 0.3) is 0 Å². The fourth-order valence-corrected chi connectivity index (χ4v) is 3.64. The summed E-state index contributed by atoms with van der Waals surface area (Å²) in [6, 6.07) is 0. The van der Waals surface area contributed by atoms with Crippen LogP contribution < -0.4 is 5.32 Å². The van der Waals surface area contributed by atoms with Crippen LogP contribution >= 0.6 is 0 Å². The number of imidazole rings is 1. The number of nitrogens with one attached hydrogen (secondary N) is 1. The van der Waals surface area contributed by atoms with Crippen molar-refractivity contribution in [3.05, 3.63) is 17.2 Å². The monoisotopic (exact) mass is 261 g/mol. The fourth-order valence-electron chi connectivity index (χ4n) is 3.64. The zero-order chi connectivity index (χ0) is 13.0. The number of nitrogens with zero attached hydrogens (tertiary/aromatic N) is 2. The van der Waals surface area contributed by atoms with Crippen molar-refractivity contribution in [2.45, 2.75) is 63.6 Å². The van der Waals surface area contributed by atoms with Crippen LogP contribution in [0, 0.1) is 0 Å². The van der Waals surface area contributed by atoms with Crippen LogP contribution in [0.15, 0.2) is 0 Å². The molecule has 2 unspecified atom stereocenters. The Kier molecular flexibility index (Phi) is 2.55. The van der Waals surface area contributed by atoms with Gasteiger partial charge in [-0.3, -0.25) is 0 Å². The van der Waals surface area contributed by atoms with E-state index in [9.17, 15) is 0 Å². The molecular formula is C15H23N3O. The first kappa shape index (κ1) is 11.9. The smallest absolute Gasteiger partial charge is 0.112 e. The van der Waals surface area contributed by atoms with E-state index in [1.807, 2.05) is 0 Å². The number of rotatable bonds is 2. The van der Waals surface area contributed by atoms with E-state index >= 15 is 0 Å².